The lowest BCUT2D eigenvalue weighted by Crippen LogP contribution is -2.14. The summed E-state index contributed by atoms with van der Waals surface area (Å²) in [5.74, 6) is -0.0538. The SMILES string of the molecule is CCCCCC1CCC(c2cc(F)c(CCc3ccc4cc(F)ccc4c3)c(F)c2)CC1. The fourth-order valence-electron chi connectivity index (χ4n) is 5.26. The predicted octanol–water partition coefficient (Wildman–Crippen LogP) is 8.90. The lowest BCUT2D eigenvalue weighted by molar-refractivity contribution is 0.302. The number of hydrogen-bond donors (Lipinski definition) is 0. The Balaban J connectivity index is 1.38. The van der Waals surface area contributed by atoms with Crippen LogP contribution in [0.3, 0.4) is 0 Å². The van der Waals surface area contributed by atoms with E-state index in [2.05, 4.69) is 6.92 Å². The van der Waals surface area contributed by atoms with Gasteiger partial charge in [-0.3, -0.25) is 0 Å². The van der Waals surface area contributed by atoms with Crippen molar-refractivity contribution in [1.29, 1.82) is 0 Å². The first-order chi connectivity index (χ1) is 15.5. The van der Waals surface area contributed by atoms with Crippen LogP contribution in [0.4, 0.5) is 13.2 Å². The van der Waals surface area contributed by atoms with E-state index in [4.69, 9.17) is 0 Å². The average Bonchev–Trinajstić information content (AvgIpc) is 2.79. The van der Waals surface area contributed by atoms with Crippen molar-refractivity contribution in [2.45, 2.75) is 77.0 Å². The predicted molar refractivity (Wildman–Crippen MR) is 127 cm³/mol. The Morgan fingerprint density at radius 2 is 1.44 bits per heavy atom. The quantitative estimate of drug-likeness (QED) is 0.308. The van der Waals surface area contributed by atoms with Crippen molar-refractivity contribution >= 4 is 10.8 Å². The van der Waals surface area contributed by atoms with Gasteiger partial charge in [-0.05, 0) is 96.5 Å². The Kier molecular flexibility index (Phi) is 7.55. The number of hydrogen-bond acceptors (Lipinski definition) is 0. The van der Waals surface area contributed by atoms with Crippen LogP contribution in [0.25, 0.3) is 10.8 Å². The molecule has 1 aliphatic carbocycles. The normalized spacial score (nSPS) is 18.9. The number of unbranched alkanes of at least 4 members (excludes halogenated alkanes) is 2. The summed E-state index contributed by atoms with van der Waals surface area (Å²) in [6, 6.07) is 13.6. The number of fused-ring (bicyclic) bond motifs is 1. The molecule has 0 bridgehead atoms. The van der Waals surface area contributed by atoms with Crippen LogP contribution in [-0.2, 0) is 12.8 Å². The third kappa shape index (κ3) is 5.54. The largest absolute Gasteiger partial charge is 0.207 e. The van der Waals surface area contributed by atoms with Gasteiger partial charge in [-0.1, -0.05) is 56.9 Å². The van der Waals surface area contributed by atoms with Crippen LogP contribution in [0.2, 0.25) is 0 Å². The summed E-state index contributed by atoms with van der Waals surface area (Å²) in [5.41, 5.74) is 1.98. The van der Waals surface area contributed by atoms with Crippen LogP contribution in [0.5, 0.6) is 0 Å². The van der Waals surface area contributed by atoms with Gasteiger partial charge in [-0.15, -0.1) is 0 Å². The van der Waals surface area contributed by atoms with Gasteiger partial charge in [0.15, 0.2) is 0 Å². The van der Waals surface area contributed by atoms with Crippen molar-refractivity contribution in [2.75, 3.05) is 0 Å². The number of benzene rings is 3. The molecule has 0 unspecified atom stereocenters. The zero-order chi connectivity index (χ0) is 22.5. The van der Waals surface area contributed by atoms with Crippen molar-refractivity contribution in [2.24, 2.45) is 5.92 Å². The van der Waals surface area contributed by atoms with E-state index in [1.165, 1.54) is 50.7 Å². The minimum atomic E-state index is -0.423. The molecule has 0 aromatic heterocycles. The monoisotopic (exact) mass is 438 g/mol. The molecular weight excluding hydrogens is 405 g/mol. The molecule has 170 valence electrons. The van der Waals surface area contributed by atoms with E-state index in [1.54, 1.807) is 18.2 Å². The van der Waals surface area contributed by atoms with Gasteiger partial charge < -0.3 is 0 Å². The van der Waals surface area contributed by atoms with Gasteiger partial charge >= 0.3 is 0 Å². The first-order valence-corrected chi connectivity index (χ1v) is 12.2. The Bertz CT molecular complexity index is 1020. The highest BCUT2D eigenvalue weighted by molar-refractivity contribution is 5.83. The molecule has 3 aromatic carbocycles. The standard InChI is InChI=1S/C29H33F3/c1-2-3-4-5-20-6-10-22(11-7-20)25-18-28(31)27(29(32)19-25)15-9-21-8-12-24-17-26(30)14-13-23(24)16-21/h8,12-14,16-20,22H,2-7,9-11,15H2,1H3. The van der Waals surface area contributed by atoms with Crippen LogP contribution in [-0.4, -0.2) is 0 Å². The highest BCUT2D eigenvalue weighted by Gasteiger charge is 2.24. The van der Waals surface area contributed by atoms with Crippen LogP contribution in [0, 0.1) is 23.4 Å². The maximum atomic E-state index is 14.9. The lowest BCUT2D eigenvalue weighted by Gasteiger charge is -2.29. The van der Waals surface area contributed by atoms with Crippen molar-refractivity contribution in [1.82, 2.24) is 0 Å². The minimum absolute atomic E-state index is 0.168. The third-order valence-corrected chi connectivity index (χ3v) is 7.23. The lowest BCUT2D eigenvalue weighted by atomic mass is 9.77. The molecule has 1 saturated carbocycles. The highest BCUT2D eigenvalue weighted by Crippen LogP contribution is 2.38. The molecule has 0 spiro atoms. The molecule has 4 rings (SSSR count). The molecule has 0 nitrogen and oxygen atoms in total. The Morgan fingerprint density at radius 1 is 0.750 bits per heavy atom. The van der Waals surface area contributed by atoms with E-state index in [0.717, 1.165) is 40.7 Å². The maximum absolute atomic E-state index is 14.9. The second-order valence-electron chi connectivity index (χ2n) is 9.50. The summed E-state index contributed by atoms with van der Waals surface area (Å²) in [5, 5.41) is 1.76. The molecule has 3 aromatic rings. The molecule has 0 amide bonds. The first kappa shape index (κ1) is 22.9. The van der Waals surface area contributed by atoms with Gasteiger partial charge in [-0.25, -0.2) is 13.2 Å². The van der Waals surface area contributed by atoms with Crippen molar-refractivity contribution in [3.63, 3.8) is 0 Å². The highest BCUT2D eigenvalue weighted by atomic mass is 19.1. The average molecular weight is 439 g/mol. The summed E-state index contributed by atoms with van der Waals surface area (Å²) in [6.45, 7) is 2.23. The van der Waals surface area contributed by atoms with Crippen LogP contribution < -0.4 is 0 Å². The van der Waals surface area contributed by atoms with E-state index in [1.807, 2.05) is 18.2 Å². The molecule has 0 aliphatic heterocycles. The summed E-state index contributed by atoms with van der Waals surface area (Å²) >= 11 is 0. The molecule has 32 heavy (non-hydrogen) atoms. The minimum Gasteiger partial charge on any atom is -0.207 e. The molecule has 3 heteroatoms. The van der Waals surface area contributed by atoms with Gasteiger partial charge in [-0.2, -0.15) is 0 Å². The van der Waals surface area contributed by atoms with E-state index < -0.39 is 11.6 Å². The Labute approximate surface area is 189 Å². The molecule has 0 atom stereocenters. The van der Waals surface area contributed by atoms with E-state index in [-0.39, 0.29) is 17.3 Å². The van der Waals surface area contributed by atoms with E-state index in [0.29, 0.717) is 12.8 Å². The van der Waals surface area contributed by atoms with Crippen molar-refractivity contribution < 1.29 is 13.2 Å². The maximum Gasteiger partial charge on any atom is 0.129 e. The van der Waals surface area contributed by atoms with Gasteiger partial charge in [0.05, 0.1) is 0 Å². The second kappa shape index (κ2) is 10.6. The van der Waals surface area contributed by atoms with Crippen LogP contribution >= 0.6 is 0 Å². The molecule has 1 aliphatic rings. The number of rotatable bonds is 8. The second-order valence-corrected chi connectivity index (χ2v) is 9.50. The zero-order valence-electron chi connectivity index (χ0n) is 19.0. The fraction of sp³-hybridized carbons (Fsp3) is 0.448. The zero-order valence-corrected chi connectivity index (χ0v) is 19.0. The van der Waals surface area contributed by atoms with Gasteiger partial charge in [0.2, 0.25) is 0 Å². The third-order valence-electron chi connectivity index (χ3n) is 7.23. The van der Waals surface area contributed by atoms with Crippen LogP contribution in [0.15, 0.2) is 48.5 Å². The smallest absolute Gasteiger partial charge is 0.129 e. The molecular formula is C29H33F3. The molecule has 0 heterocycles. The van der Waals surface area contributed by atoms with Crippen molar-refractivity contribution in [3.8, 4) is 0 Å². The van der Waals surface area contributed by atoms with Gasteiger partial charge in [0.1, 0.15) is 17.5 Å². The summed E-state index contributed by atoms with van der Waals surface area (Å²) in [6.07, 6.45) is 10.4. The van der Waals surface area contributed by atoms with E-state index >= 15 is 0 Å². The summed E-state index contributed by atoms with van der Waals surface area (Å²) in [7, 11) is 0. The van der Waals surface area contributed by atoms with Crippen LogP contribution in [0.1, 0.15) is 80.9 Å². The van der Waals surface area contributed by atoms with Crippen molar-refractivity contribution in [3.05, 3.63) is 82.7 Å². The molecule has 0 N–H and O–H groups in total. The molecule has 0 saturated heterocycles. The Morgan fingerprint density at radius 3 is 2.16 bits per heavy atom. The summed E-state index contributed by atoms with van der Waals surface area (Å²) in [4.78, 5) is 0. The molecule has 0 radical (unpaired) electrons. The topological polar surface area (TPSA) is 0 Å². The first-order valence-electron chi connectivity index (χ1n) is 12.2. The number of halogens is 3. The summed E-state index contributed by atoms with van der Waals surface area (Å²) < 4.78 is 43.1. The fourth-order valence-corrected chi connectivity index (χ4v) is 5.26. The van der Waals surface area contributed by atoms with Gasteiger partial charge in [0, 0.05) is 5.56 Å². The number of aryl methyl sites for hydroxylation is 1. The van der Waals surface area contributed by atoms with E-state index in [9.17, 15) is 13.2 Å². The molecule has 1 fully saturated rings. The van der Waals surface area contributed by atoms with Gasteiger partial charge in [0.25, 0.3) is 0 Å². The Hall–Kier alpha value is -2.29.